The summed E-state index contributed by atoms with van der Waals surface area (Å²) in [4.78, 5) is 14.8. The van der Waals surface area contributed by atoms with E-state index in [0.717, 1.165) is 38.1 Å². The molecule has 0 aromatic rings. The summed E-state index contributed by atoms with van der Waals surface area (Å²) in [6.45, 7) is 1.54. The number of nitrogens with zero attached hydrogens (tertiary/aromatic N) is 2. The first-order valence-electron chi connectivity index (χ1n) is 8.69. The van der Waals surface area contributed by atoms with E-state index in [1.165, 1.54) is 38.5 Å². The average molecular weight is 289 g/mol. The van der Waals surface area contributed by atoms with E-state index in [1.807, 2.05) is 0 Å². The highest BCUT2D eigenvalue weighted by molar-refractivity contribution is 5.79. The molecule has 0 aromatic carbocycles. The molecule has 0 radical (unpaired) electrons. The molecule has 0 aromatic heterocycles. The van der Waals surface area contributed by atoms with E-state index < -0.39 is 5.54 Å². The lowest BCUT2D eigenvalue weighted by molar-refractivity contribution is -0.124. The number of amides is 1. The number of hydrogen-bond donors (Lipinski definition) is 1. The maximum Gasteiger partial charge on any atom is 0.235 e. The number of carbonyl (C=O) groups excluding carboxylic acids is 1. The smallest absolute Gasteiger partial charge is 0.235 e. The van der Waals surface area contributed by atoms with Crippen LogP contribution in [-0.4, -0.2) is 35.5 Å². The SMILES string of the molecule is N#CC1(NC(=O)CN2CCC[C@@H]2C2CCCC2)CCCC1. The molecule has 21 heavy (non-hydrogen) atoms. The van der Waals surface area contributed by atoms with Crippen molar-refractivity contribution in [3.05, 3.63) is 0 Å². The Bertz CT molecular complexity index is 416. The Kier molecular flexibility index (Phi) is 4.49. The zero-order chi connectivity index (χ0) is 14.7. The van der Waals surface area contributed by atoms with Crippen LogP contribution in [0.25, 0.3) is 0 Å². The summed E-state index contributed by atoms with van der Waals surface area (Å²) >= 11 is 0. The number of hydrogen-bond acceptors (Lipinski definition) is 3. The van der Waals surface area contributed by atoms with Gasteiger partial charge >= 0.3 is 0 Å². The Morgan fingerprint density at radius 3 is 2.52 bits per heavy atom. The molecule has 3 aliphatic rings. The Labute approximate surface area is 127 Å². The first-order chi connectivity index (χ1) is 10.2. The lowest BCUT2D eigenvalue weighted by atomic mass is 9.96. The van der Waals surface area contributed by atoms with E-state index in [4.69, 9.17) is 0 Å². The predicted molar refractivity (Wildman–Crippen MR) is 81.5 cm³/mol. The van der Waals surface area contributed by atoms with Crippen LogP contribution in [0.15, 0.2) is 0 Å². The molecule has 1 aliphatic heterocycles. The molecule has 1 atom stereocenters. The highest BCUT2D eigenvalue weighted by Gasteiger charge is 2.38. The van der Waals surface area contributed by atoms with Crippen LogP contribution in [0.4, 0.5) is 0 Å². The van der Waals surface area contributed by atoms with Crippen LogP contribution in [0.2, 0.25) is 0 Å². The summed E-state index contributed by atoms with van der Waals surface area (Å²) in [5.74, 6) is 0.861. The summed E-state index contributed by atoms with van der Waals surface area (Å²) in [7, 11) is 0. The minimum atomic E-state index is -0.570. The number of likely N-dealkylation sites (tertiary alicyclic amines) is 1. The zero-order valence-corrected chi connectivity index (χ0v) is 12.9. The Morgan fingerprint density at radius 2 is 1.86 bits per heavy atom. The number of rotatable bonds is 4. The number of nitrogens with one attached hydrogen (secondary N) is 1. The fraction of sp³-hybridized carbons (Fsp3) is 0.882. The summed E-state index contributed by atoms with van der Waals surface area (Å²) in [5, 5.41) is 12.4. The Morgan fingerprint density at radius 1 is 1.14 bits per heavy atom. The lowest BCUT2D eigenvalue weighted by Crippen LogP contribution is -2.50. The van der Waals surface area contributed by atoms with Gasteiger partial charge in [-0.25, -0.2) is 0 Å². The van der Waals surface area contributed by atoms with Gasteiger partial charge in [-0.05, 0) is 63.8 Å². The molecule has 0 bridgehead atoms. The molecule has 3 rings (SSSR count). The van der Waals surface area contributed by atoms with Crippen molar-refractivity contribution in [1.29, 1.82) is 5.26 Å². The third-order valence-corrected chi connectivity index (χ3v) is 5.75. The van der Waals surface area contributed by atoms with Gasteiger partial charge in [-0.15, -0.1) is 0 Å². The van der Waals surface area contributed by atoms with Crippen molar-refractivity contribution in [2.24, 2.45) is 5.92 Å². The number of carbonyl (C=O) groups is 1. The highest BCUT2D eigenvalue weighted by Crippen LogP contribution is 2.35. The van der Waals surface area contributed by atoms with Crippen molar-refractivity contribution in [1.82, 2.24) is 10.2 Å². The van der Waals surface area contributed by atoms with E-state index in [2.05, 4.69) is 16.3 Å². The Balaban J connectivity index is 1.55. The molecule has 3 fully saturated rings. The van der Waals surface area contributed by atoms with E-state index in [1.54, 1.807) is 0 Å². The van der Waals surface area contributed by atoms with Crippen LogP contribution in [-0.2, 0) is 4.79 Å². The van der Waals surface area contributed by atoms with Gasteiger partial charge in [0.2, 0.25) is 5.91 Å². The van der Waals surface area contributed by atoms with Gasteiger partial charge in [-0.3, -0.25) is 9.69 Å². The van der Waals surface area contributed by atoms with Crippen LogP contribution in [0.1, 0.15) is 64.2 Å². The molecular formula is C17H27N3O. The van der Waals surface area contributed by atoms with Crippen molar-refractivity contribution in [3.8, 4) is 6.07 Å². The predicted octanol–water partition coefficient (Wildman–Crippen LogP) is 2.59. The summed E-state index contributed by atoms with van der Waals surface area (Å²) < 4.78 is 0. The van der Waals surface area contributed by atoms with Crippen LogP contribution in [0.3, 0.4) is 0 Å². The van der Waals surface area contributed by atoms with Crippen molar-refractivity contribution < 1.29 is 4.79 Å². The minimum absolute atomic E-state index is 0.0587. The van der Waals surface area contributed by atoms with Gasteiger partial charge < -0.3 is 5.32 Å². The largest absolute Gasteiger partial charge is 0.337 e. The van der Waals surface area contributed by atoms with Crippen LogP contribution >= 0.6 is 0 Å². The third-order valence-electron chi connectivity index (χ3n) is 5.75. The monoisotopic (exact) mass is 289 g/mol. The fourth-order valence-electron chi connectivity index (χ4n) is 4.66. The second kappa shape index (κ2) is 6.36. The zero-order valence-electron chi connectivity index (χ0n) is 12.9. The van der Waals surface area contributed by atoms with E-state index >= 15 is 0 Å². The topological polar surface area (TPSA) is 56.1 Å². The molecule has 1 N–H and O–H groups in total. The minimum Gasteiger partial charge on any atom is -0.337 e. The van der Waals surface area contributed by atoms with Gasteiger partial charge in [0.25, 0.3) is 0 Å². The normalized spacial score (nSPS) is 29.6. The third kappa shape index (κ3) is 3.23. The van der Waals surface area contributed by atoms with Gasteiger partial charge in [-0.2, -0.15) is 5.26 Å². The molecule has 0 unspecified atom stereocenters. The quantitative estimate of drug-likeness (QED) is 0.865. The lowest BCUT2D eigenvalue weighted by Gasteiger charge is -2.30. The molecule has 4 heteroatoms. The van der Waals surface area contributed by atoms with Gasteiger partial charge in [-0.1, -0.05) is 12.8 Å². The second-order valence-corrected chi connectivity index (χ2v) is 7.17. The van der Waals surface area contributed by atoms with E-state index in [-0.39, 0.29) is 5.91 Å². The van der Waals surface area contributed by atoms with Crippen molar-refractivity contribution >= 4 is 5.91 Å². The fourth-order valence-corrected chi connectivity index (χ4v) is 4.66. The van der Waals surface area contributed by atoms with Gasteiger partial charge in [0, 0.05) is 6.04 Å². The summed E-state index contributed by atoms with van der Waals surface area (Å²) in [6, 6.07) is 2.96. The molecule has 2 saturated carbocycles. The van der Waals surface area contributed by atoms with Crippen molar-refractivity contribution in [2.45, 2.75) is 75.8 Å². The first kappa shape index (κ1) is 14.8. The van der Waals surface area contributed by atoms with Gasteiger partial charge in [0.15, 0.2) is 0 Å². The molecular weight excluding hydrogens is 262 g/mol. The Hall–Kier alpha value is -1.08. The molecule has 116 valence electrons. The summed E-state index contributed by atoms with van der Waals surface area (Å²) in [5.41, 5.74) is -0.570. The standard InChI is InChI=1S/C17H27N3O/c18-13-17(9-3-4-10-17)19-16(21)12-20-11-5-8-15(20)14-6-1-2-7-14/h14-15H,1-12H2,(H,19,21)/t15-/m1/s1. The van der Waals surface area contributed by atoms with Crippen LogP contribution in [0, 0.1) is 17.2 Å². The first-order valence-corrected chi connectivity index (χ1v) is 8.69. The van der Waals surface area contributed by atoms with Gasteiger partial charge in [0.1, 0.15) is 5.54 Å². The molecule has 1 amide bonds. The van der Waals surface area contributed by atoms with Crippen molar-refractivity contribution in [3.63, 3.8) is 0 Å². The molecule has 0 spiro atoms. The average Bonchev–Trinajstić information content (AvgIpc) is 3.19. The molecule has 1 saturated heterocycles. The summed E-state index contributed by atoms with van der Waals surface area (Å²) in [6.07, 6.45) is 11.6. The van der Waals surface area contributed by atoms with Gasteiger partial charge in [0.05, 0.1) is 12.6 Å². The molecule has 2 aliphatic carbocycles. The maximum absolute atomic E-state index is 12.4. The highest BCUT2D eigenvalue weighted by atomic mass is 16.2. The van der Waals surface area contributed by atoms with E-state index in [0.29, 0.717) is 12.6 Å². The van der Waals surface area contributed by atoms with E-state index in [9.17, 15) is 10.1 Å². The molecule has 4 nitrogen and oxygen atoms in total. The second-order valence-electron chi connectivity index (χ2n) is 7.17. The van der Waals surface area contributed by atoms with Crippen LogP contribution in [0.5, 0.6) is 0 Å². The van der Waals surface area contributed by atoms with Crippen LogP contribution < -0.4 is 5.32 Å². The van der Waals surface area contributed by atoms with Crippen molar-refractivity contribution in [2.75, 3.05) is 13.1 Å². The number of nitriles is 1. The maximum atomic E-state index is 12.4. The molecule has 1 heterocycles.